The van der Waals surface area contributed by atoms with Gasteiger partial charge in [0.1, 0.15) is 23.2 Å². The first kappa shape index (κ1) is 20.2. The van der Waals surface area contributed by atoms with E-state index in [4.69, 9.17) is 4.42 Å². The number of aromatic nitrogens is 1. The summed E-state index contributed by atoms with van der Waals surface area (Å²) < 4.78 is 33.4. The Kier molecular flexibility index (Phi) is 5.09. The van der Waals surface area contributed by atoms with Crippen molar-refractivity contribution >= 4 is 22.8 Å². The van der Waals surface area contributed by atoms with Crippen molar-refractivity contribution in [2.45, 2.75) is 25.8 Å². The first-order valence-corrected chi connectivity index (χ1v) is 10.5. The van der Waals surface area contributed by atoms with Gasteiger partial charge in [-0.25, -0.2) is 18.6 Å². The van der Waals surface area contributed by atoms with Gasteiger partial charge in [-0.1, -0.05) is 24.3 Å². The van der Waals surface area contributed by atoms with E-state index < -0.39 is 11.6 Å². The van der Waals surface area contributed by atoms with Crippen LogP contribution in [0.3, 0.4) is 0 Å². The van der Waals surface area contributed by atoms with Crippen LogP contribution in [0.25, 0.3) is 22.2 Å². The van der Waals surface area contributed by atoms with Gasteiger partial charge in [-0.3, -0.25) is 0 Å². The van der Waals surface area contributed by atoms with E-state index in [1.807, 2.05) is 31.2 Å². The number of nitrogens with zero attached hydrogens (tertiary/aromatic N) is 2. The van der Waals surface area contributed by atoms with Crippen LogP contribution in [0, 0.1) is 18.6 Å². The van der Waals surface area contributed by atoms with E-state index in [1.165, 1.54) is 12.1 Å². The molecule has 5 nitrogen and oxygen atoms in total. The predicted octanol–water partition coefficient (Wildman–Crippen LogP) is 6.45. The summed E-state index contributed by atoms with van der Waals surface area (Å²) in [6, 6.07) is 15.8. The molecular formula is C25H21F2N3O2. The van der Waals surface area contributed by atoms with Crippen LogP contribution in [0.1, 0.15) is 30.3 Å². The summed E-state index contributed by atoms with van der Waals surface area (Å²) in [5.41, 5.74) is 3.74. The molecule has 7 heteroatoms. The van der Waals surface area contributed by atoms with Crippen LogP contribution < -0.4 is 5.32 Å². The lowest BCUT2D eigenvalue weighted by Gasteiger charge is -2.23. The Hall–Kier alpha value is -3.74. The molecule has 1 aromatic heterocycles. The van der Waals surface area contributed by atoms with E-state index in [1.54, 1.807) is 23.1 Å². The first-order valence-electron chi connectivity index (χ1n) is 10.5. The largest absolute Gasteiger partial charge is 0.438 e. The number of hydrogen-bond donors (Lipinski definition) is 1. The van der Waals surface area contributed by atoms with Gasteiger partial charge in [-0.05, 0) is 61.2 Å². The Morgan fingerprint density at radius 2 is 1.97 bits per heavy atom. The van der Waals surface area contributed by atoms with Crippen LogP contribution in [0.15, 0.2) is 65.1 Å². The number of carbonyl (C=O) groups is 1. The molecule has 0 unspecified atom stereocenters. The number of likely N-dealkylation sites (tertiary alicyclic amines) is 1. The second kappa shape index (κ2) is 8.07. The molecule has 2 amide bonds. The van der Waals surface area contributed by atoms with Gasteiger partial charge in [0.2, 0.25) is 5.89 Å². The normalized spacial score (nSPS) is 16.0. The maximum absolute atomic E-state index is 14.2. The van der Waals surface area contributed by atoms with Gasteiger partial charge in [-0.2, -0.15) is 0 Å². The Labute approximate surface area is 183 Å². The topological polar surface area (TPSA) is 58.4 Å². The van der Waals surface area contributed by atoms with Gasteiger partial charge in [0.05, 0.1) is 0 Å². The number of oxazole rings is 1. The molecule has 32 heavy (non-hydrogen) atoms. The minimum Gasteiger partial charge on any atom is -0.438 e. The van der Waals surface area contributed by atoms with E-state index in [0.717, 1.165) is 30.2 Å². The zero-order valence-corrected chi connectivity index (χ0v) is 17.4. The van der Waals surface area contributed by atoms with Crippen LogP contribution >= 0.6 is 0 Å². The maximum Gasteiger partial charge on any atom is 0.322 e. The lowest BCUT2D eigenvalue weighted by atomic mass is 10.0. The minimum atomic E-state index is -0.636. The average Bonchev–Trinajstić information content (AvgIpc) is 3.41. The van der Waals surface area contributed by atoms with E-state index in [2.05, 4.69) is 10.3 Å². The first-order chi connectivity index (χ1) is 15.5. The number of para-hydroxylation sites is 1. The number of aryl methyl sites for hydroxylation is 1. The molecule has 162 valence electrons. The zero-order chi connectivity index (χ0) is 22.2. The molecule has 1 saturated heterocycles. The Morgan fingerprint density at radius 1 is 1.12 bits per heavy atom. The summed E-state index contributed by atoms with van der Waals surface area (Å²) in [6.45, 7) is 2.55. The molecule has 0 spiro atoms. The van der Waals surface area contributed by atoms with Gasteiger partial charge in [0.25, 0.3) is 0 Å². The van der Waals surface area contributed by atoms with Gasteiger partial charge in [0, 0.05) is 23.9 Å². The zero-order valence-electron chi connectivity index (χ0n) is 17.4. The van der Waals surface area contributed by atoms with Crippen LogP contribution in [-0.4, -0.2) is 22.5 Å². The molecule has 0 radical (unpaired) electrons. The highest BCUT2D eigenvalue weighted by molar-refractivity contribution is 5.90. The van der Waals surface area contributed by atoms with Gasteiger partial charge < -0.3 is 14.6 Å². The maximum atomic E-state index is 14.2. The number of fused-ring (bicyclic) bond motifs is 1. The van der Waals surface area contributed by atoms with E-state index in [-0.39, 0.29) is 17.6 Å². The summed E-state index contributed by atoms with van der Waals surface area (Å²) in [7, 11) is 0. The molecule has 1 N–H and O–H groups in total. The van der Waals surface area contributed by atoms with Crippen molar-refractivity contribution in [3.63, 3.8) is 0 Å². The minimum absolute atomic E-state index is 0.196. The molecule has 0 saturated carbocycles. The highest BCUT2D eigenvalue weighted by Gasteiger charge is 2.33. The van der Waals surface area contributed by atoms with Crippen LogP contribution in [0.2, 0.25) is 0 Å². The molecular weight excluding hydrogens is 412 g/mol. The van der Waals surface area contributed by atoms with Gasteiger partial charge in [-0.15, -0.1) is 0 Å². The number of amides is 2. The fourth-order valence-corrected chi connectivity index (χ4v) is 4.15. The molecule has 5 rings (SSSR count). The molecule has 3 aromatic carbocycles. The number of hydrogen-bond acceptors (Lipinski definition) is 3. The lowest BCUT2D eigenvalue weighted by molar-refractivity contribution is 0.199. The fraction of sp³-hybridized carbons (Fsp3) is 0.200. The standard InChI is InChI=1S/C25H21F2N3O2/c1-15-5-2-3-6-20(15)29-25(31)30-12-4-7-22(30)24-28-21-13-16(8-11-23(21)32-24)18-10-9-17(26)14-19(18)27/h2-3,5-6,8-11,13-14,22H,4,7,12H2,1H3,(H,29,31)/t22-/m0/s1. The van der Waals surface area contributed by atoms with E-state index >= 15 is 0 Å². The number of rotatable bonds is 3. The Balaban J connectivity index is 1.42. The Bertz CT molecular complexity index is 1320. The summed E-state index contributed by atoms with van der Waals surface area (Å²) in [5.74, 6) is -0.807. The highest BCUT2D eigenvalue weighted by Crippen LogP contribution is 2.35. The molecule has 1 aliphatic rings. The molecule has 0 bridgehead atoms. The third-order valence-corrected chi connectivity index (χ3v) is 5.83. The van der Waals surface area contributed by atoms with Crippen molar-refractivity contribution < 1.29 is 18.0 Å². The van der Waals surface area contributed by atoms with Crippen molar-refractivity contribution in [3.05, 3.63) is 83.8 Å². The van der Waals surface area contributed by atoms with Crippen molar-refractivity contribution in [1.82, 2.24) is 9.88 Å². The molecule has 1 atom stereocenters. The van der Waals surface area contributed by atoms with E-state index in [0.29, 0.717) is 29.1 Å². The third-order valence-electron chi connectivity index (χ3n) is 5.83. The highest BCUT2D eigenvalue weighted by atomic mass is 19.1. The number of halogens is 2. The fourth-order valence-electron chi connectivity index (χ4n) is 4.15. The van der Waals surface area contributed by atoms with Gasteiger partial charge in [0.15, 0.2) is 5.58 Å². The summed E-state index contributed by atoms with van der Waals surface area (Å²) >= 11 is 0. The number of carbonyl (C=O) groups excluding carboxylic acids is 1. The summed E-state index contributed by atoms with van der Waals surface area (Å²) in [6.07, 6.45) is 1.59. The average molecular weight is 433 g/mol. The number of urea groups is 1. The summed E-state index contributed by atoms with van der Waals surface area (Å²) in [5, 5.41) is 2.97. The SMILES string of the molecule is Cc1ccccc1NC(=O)N1CCC[C@H]1c1nc2cc(-c3ccc(F)cc3F)ccc2o1. The number of nitrogens with one attached hydrogen (secondary N) is 1. The second-order valence-electron chi connectivity index (χ2n) is 7.96. The second-order valence-corrected chi connectivity index (χ2v) is 7.96. The summed E-state index contributed by atoms with van der Waals surface area (Å²) in [4.78, 5) is 19.3. The number of benzene rings is 3. The Morgan fingerprint density at radius 3 is 2.78 bits per heavy atom. The monoisotopic (exact) mass is 433 g/mol. The van der Waals surface area contributed by atoms with Crippen molar-refractivity contribution in [2.24, 2.45) is 0 Å². The van der Waals surface area contributed by atoms with Crippen molar-refractivity contribution in [2.75, 3.05) is 11.9 Å². The molecule has 1 fully saturated rings. The molecule has 2 heterocycles. The third kappa shape index (κ3) is 3.70. The van der Waals surface area contributed by atoms with Crippen LogP contribution in [-0.2, 0) is 0 Å². The quantitative estimate of drug-likeness (QED) is 0.404. The van der Waals surface area contributed by atoms with Crippen LogP contribution in [0.4, 0.5) is 19.3 Å². The smallest absolute Gasteiger partial charge is 0.322 e. The van der Waals surface area contributed by atoms with Gasteiger partial charge >= 0.3 is 6.03 Å². The van der Waals surface area contributed by atoms with Crippen molar-refractivity contribution in [3.8, 4) is 11.1 Å². The molecule has 4 aromatic rings. The van der Waals surface area contributed by atoms with Crippen molar-refractivity contribution in [1.29, 1.82) is 0 Å². The van der Waals surface area contributed by atoms with E-state index in [9.17, 15) is 13.6 Å². The number of anilines is 1. The predicted molar refractivity (Wildman–Crippen MR) is 118 cm³/mol. The molecule has 0 aliphatic carbocycles. The lowest BCUT2D eigenvalue weighted by Crippen LogP contribution is -2.34. The van der Waals surface area contributed by atoms with Crippen LogP contribution in [0.5, 0.6) is 0 Å². The molecule has 1 aliphatic heterocycles.